The third-order valence-electron chi connectivity index (χ3n) is 5.23. The zero-order valence-corrected chi connectivity index (χ0v) is 14.9. The molecule has 1 aromatic rings. The van der Waals surface area contributed by atoms with Crippen LogP contribution in [0.4, 0.5) is 14.5 Å². The summed E-state index contributed by atoms with van der Waals surface area (Å²) in [5.41, 5.74) is 0.116. The molecule has 0 spiro atoms. The first-order valence-electron chi connectivity index (χ1n) is 9.10. The first-order chi connectivity index (χ1) is 12.8. The lowest BCUT2D eigenvalue weighted by molar-refractivity contribution is -0.138. The number of aliphatic carboxylic acids is 1. The van der Waals surface area contributed by atoms with Crippen molar-refractivity contribution in [2.24, 2.45) is 11.8 Å². The predicted molar refractivity (Wildman–Crippen MR) is 93.0 cm³/mol. The molecule has 3 rings (SSSR count). The van der Waals surface area contributed by atoms with E-state index in [2.05, 4.69) is 0 Å². The molecule has 2 fully saturated rings. The second kappa shape index (κ2) is 8.02. The topological polar surface area (TPSA) is 77.9 Å². The normalized spacial score (nSPS) is 23.0. The van der Waals surface area contributed by atoms with Crippen LogP contribution in [0.15, 0.2) is 18.2 Å². The van der Waals surface area contributed by atoms with Crippen molar-refractivity contribution in [3.05, 3.63) is 29.8 Å². The van der Waals surface area contributed by atoms with Gasteiger partial charge in [0.05, 0.1) is 5.92 Å². The number of carboxylic acids is 1. The molecule has 2 heterocycles. The minimum atomic E-state index is -0.849. The lowest BCUT2D eigenvalue weighted by Gasteiger charge is -2.34. The van der Waals surface area contributed by atoms with Crippen LogP contribution in [0, 0.1) is 23.5 Å². The molecule has 146 valence electrons. The number of anilines is 1. The average molecular weight is 380 g/mol. The number of carbonyl (C=O) groups excluding carboxylic acids is 2. The van der Waals surface area contributed by atoms with E-state index in [1.807, 2.05) is 0 Å². The van der Waals surface area contributed by atoms with Crippen molar-refractivity contribution in [2.75, 3.05) is 24.5 Å². The van der Waals surface area contributed by atoms with Crippen molar-refractivity contribution in [2.45, 2.75) is 32.1 Å². The van der Waals surface area contributed by atoms with Gasteiger partial charge in [0.2, 0.25) is 11.8 Å². The van der Waals surface area contributed by atoms with Crippen molar-refractivity contribution in [3.8, 4) is 0 Å². The van der Waals surface area contributed by atoms with Gasteiger partial charge in [-0.25, -0.2) is 8.78 Å². The van der Waals surface area contributed by atoms with Crippen molar-refractivity contribution >= 4 is 23.5 Å². The molecule has 0 bridgehead atoms. The highest BCUT2D eigenvalue weighted by molar-refractivity contribution is 6.00. The number of likely N-dealkylation sites (tertiary alicyclic amines) is 1. The van der Waals surface area contributed by atoms with E-state index in [4.69, 9.17) is 5.11 Å². The number of hydrogen-bond acceptors (Lipinski definition) is 3. The Kier molecular flexibility index (Phi) is 5.72. The number of rotatable bonds is 5. The zero-order valence-electron chi connectivity index (χ0n) is 14.9. The molecule has 2 amide bonds. The Morgan fingerprint density at radius 3 is 2.52 bits per heavy atom. The molecule has 1 aromatic carbocycles. The number of carboxylic acid groups (broad SMARTS) is 1. The van der Waals surface area contributed by atoms with Gasteiger partial charge in [-0.05, 0) is 37.3 Å². The molecular weight excluding hydrogens is 358 g/mol. The van der Waals surface area contributed by atoms with E-state index < -0.39 is 23.5 Å². The van der Waals surface area contributed by atoms with Crippen molar-refractivity contribution in [3.63, 3.8) is 0 Å². The maximum atomic E-state index is 13.4. The summed E-state index contributed by atoms with van der Waals surface area (Å²) in [6, 6.07) is 2.89. The number of halogens is 2. The Morgan fingerprint density at radius 2 is 1.85 bits per heavy atom. The molecular formula is C19H22F2N2O4. The van der Waals surface area contributed by atoms with Crippen LogP contribution in [-0.2, 0) is 14.4 Å². The fourth-order valence-electron chi connectivity index (χ4n) is 3.90. The Morgan fingerprint density at radius 1 is 1.15 bits per heavy atom. The minimum Gasteiger partial charge on any atom is -0.481 e. The van der Waals surface area contributed by atoms with E-state index >= 15 is 0 Å². The molecule has 2 aliphatic heterocycles. The largest absolute Gasteiger partial charge is 0.481 e. The Hall–Kier alpha value is -2.51. The maximum absolute atomic E-state index is 13.4. The summed E-state index contributed by atoms with van der Waals surface area (Å²) >= 11 is 0. The molecule has 2 saturated heterocycles. The summed E-state index contributed by atoms with van der Waals surface area (Å²) in [5.74, 6) is -3.29. The van der Waals surface area contributed by atoms with Gasteiger partial charge in [0.1, 0.15) is 11.6 Å². The summed E-state index contributed by atoms with van der Waals surface area (Å²) in [5, 5.41) is 8.82. The number of carbonyl (C=O) groups is 3. The smallest absolute Gasteiger partial charge is 0.303 e. The molecule has 0 saturated carbocycles. The van der Waals surface area contributed by atoms with Crippen LogP contribution < -0.4 is 4.90 Å². The highest BCUT2D eigenvalue weighted by Gasteiger charge is 2.38. The predicted octanol–water partition coefficient (Wildman–Crippen LogP) is 2.42. The number of nitrogens with zero attached hydrogens (tertiary/aromatic N) is 2. The first-order valence-corrected chi connectivity index (χ1v) is 9.10. The van der Waals surface area contributed by atoms with Crippen LogP contribution in [0.2, 0.25) is 0 Å². The molecule has 1 N–H and O–H groups in total. The summed E-state index contributed by atoms with van der Waals surface area (Å²) in [6.07, 6.45) is 2.29. The molecule has 0 aromatic heterocycles. The summed E-state index contributed by atoms with van der Waals surface area (Å²) in [7, 11) is 0. The fraction of sp³-hybridized carbons (Fsp3) is 0.526. The van der Waals surface area contributed by atoms with Gasteiger partial charge in [0, 0.05) is 44.2 Å². The second-order valence-electron chi connectivity index (χ2n) is 7.26. The van der Waals surface area contributed by atoms with Gasteiger partial charge < -0.3 is 14.9 Å². The average Bonchev–Trinajstić information content (AvgIpc) is 3.00. The molecule has 0 aliphatic carbocycles. The Labute approximate surface area is 155 Å². The highest BCUT2D eigenvalue weighted by atomic mass is 19.1. The fourth-order valence-corrected chi connectivity index (χ4v) is 3.90. The minimum absolute atomic E-state index is 0.00720. The number of piperidine rings is 1. The molecule has 6 nitrogen and oxygen atoms in total. The quantitative estimate of drug-likeness (QED) is 0.851. The molecule has 8 heteroatoms. The molecule has 2 atom stereocenters. The van der Waals surface area contributed by atoms with E-state index in [1.165, 1.54) is 4.90 Å². The molecule has 27 heavy (non-hydrogen) atoms. The van der Waals surface area contributed by atoms with E-state index in [9.17, 15) is 23.2 Å². The van der Waals surface area contributed by atoms with E-state index in [-0.39, 0.29) is 42.8 Å². The maximum Gasteiger partial charge on any atom is 0.303 e. The third-order valence-corrected chi connectivity index (χ3v) is 5.23. The highest BCUT2D eigenvalue weighted by Crippen LogP contribution is 2.29. The Bertz CT molecular complexity index is 735. The van der Waals surface area contributed by atoms with Crippen LogP contribution in [0.25, 0.3) is 0 Å². The van der Waals surface area contributed by atoms with Crippen LogP contribution >= 0.6 is 0 Å². The number of hydrogen-bond donors (Lipinski definition) is 1. The van der Waals surface area contributed by atoms with Crippen LogP contribution in [0.1, 0.15) is 32.1 Å². The number of amides is 2. The summed E-state index contributed by atoms with van der Waals surface area (Å²) in [4.78, 5) is 38.8. The van der Waals surface area contributed by atoms with Gasteiger partial charge in [0.15, 0.2) is 0 Å². The van der Waals surface area contributed by atoms with E-state index in [0.29, 0.717) is 19.5 Å². The second-order valence-corrected chi connectivity index (χ2v) is 7.26. The van der Waals surface area contributed by atoms with Gasteiger partial charge in [-0.15, -0.1) is 0 Å². The lowest BCUT2D eigenvalue weighted by atomic mass is 9.92. The number of benzene rings is 1. The van der Waals surface area contributed by atoms with Crippen LogP contribution in [0.3, 0.4) is 0 Å². The monoisotopic (exact) mass is 380 g/mol. The Balaban J connectivity index is 1.64. The van der Waals surface area contributed by atoms with Gasteiger partial charge in [-0.2, -0.15) is 0 Å². The van der Waals surface area contributed by atoms with Crippen molar-refractivity contribution in [1.29, 1.82) is 0 Å². The first kappa shape index (κ1) is 19.3. The standard InChI is InChI=1S/C19H22F2N2O4/c20-14-7-15(21)9-16(8-14)23-11-13(6-17(23)24)19(27)22-5-1-2-12(10-22)3-4-18(25)26/h7-9,12-13H,1-6,10-11H2,(H,25,26)/t12-,13-/m0/s1. The SMILES string of the molecule is O=C(O)CC[C@@H]1CCCN(C(=O)[C@H]2CC(=O)N(c3cc(F)cc(F)c3)C2)C1. The third kappa shape index (κ3) is 4.61. The lowest BCUT2D eigenvalue weighted by Crippen LogP contribution is -2.43. The van der Waals surface area contributed by atoms with Gasteiger partial charge in [0.25, 0.3) is 0 Å². The van der Waals surface area contributed by atoms with E-state index in [1.54, 1.807) is 4.90 Å². The summed E-state index contributed by atoms with van der Waals surface area (Å²) in [6.45, 7) is 1.17. The van der Waals surface area contributed by atoms with Crippen molar-refractivity contribution < 1.29 is 28.3 Å². The zero-order chi connectivity index (χ0) is 19.6. The summed E-state index contributed by atoms with van der Waals surface area (Å²) < 4.78 is 26.9. The molecule has 0 radical (unpaired) electrons. The van der Waals surface area contributed by atoms with Gasteiger partial charge >= 0.3 is 5.97 Å². The van der Waals surface area contributed by atoms with Crippen molar-refractivity contribution in [1.82, 2.24) is 4.90 Å². The molecule has 0 unspecified atom stereocenters. The van der Waals surface area contributed by atoms with E-state index in [0.717, 1.165) is 31.0 Å². The van der Waals surface area contributed by atoms with Crippen LogP contribution in [-0.4, -0.2) is 47.4 Å². The van der Waals surface area contributed by atoms with Crippen LogP contribution in [0.5, 0.6) is 0 Å². The van der Waals surface area contributed by atoms with Gasteiger partial charge in [-0.1, -0.05) is 0 Å². The van der Waals surface area contributed by atoms with Gasteiger partial charge in [-0.3, -0.25) is 14.4 Å². The molecule has 2 aliphatic rings.